The molecule has 2 rings (SSSR count). The number of benzene rings is 1. The van der Waals surface area contributed by atoms with Crippen LogP contribution in [0, 0.1) is 11.3 Å². The van der Waals surface area contributed by atoms with Crippen LogP contribution in [-0.2, 0) is 11.2 Å². The van der Waals surface area contributed by atoms with Gasteiger partial charge in [-0.1, -0.05) is 12.1 Å². The second-order valence-electron chi connectivity index (χ2n) is 3.71. The molecule has 0 aliphatic heterocycles. The van der Waals surface area contributed by atoms with E-state index in [1.165, 1.54) is 0 Å². The molecule has 2 aromatic rings. The number of H-pyrrole nitrogens is 1. The summed E-state index contributed by atoms with van der Waals surface area (Å²) in [6, 6.07) is 7.24. The van der Waals surface area contributed by atoms with Gasteiger partial charge in [-0.3, -0.25) is 0 Å². The Hall–Kier alpha value is -2.32. The van der Waals surface area contributed by atoms with Crippen molar-refractivity contribution in [3.05, 3.63) is 35.5 Å². The molecule has 1 atom stereocenters. The second kappa shape index (κ2) is 4.28. The quantitative estimate of drug-likeness (QED) is 0.733. The number of aliphatic carboxylic acids is 1. The molecule has 0 fully saturated rings. The Kier molecular flexibility index (Phi) is 2.81. The van der Waals surface area contributed by atoms with Crippen LogP contribution in [-0.4, -0.2) is 27.3 Å². The number of nitrogens with one attached hydrogen (secondary N) is 1. The van der Waals surface area contributed by atoms with E-state index < -0.39 is 12.1 Å². The first-order valence-electron chi connectivity index (χ1n) is 5.03. The van der Waals surface area contributed by atoms with Gasteiger partial charge >= 0.3 is 5.97 Å². The van der Waals surface area contributed by atoms with Gasteiger partial charge in [0.2, 0.25) is 0 Å². The standard InChI is InChI=1S/C12H10N2O3/c13-5-7-2-1-3-9-8(6-14-11(7)9)4-10(15)12(16)17/h1-3,6,10,14-15H,4H2,(H,16,17)/t10-/m0/s1. The van der Waals surface area contributed by atoms with Gasteiger partial charge in [0, 0.05) is 18.0 Å². The van der Waals surface area contributed by atoms with Gasteiger partial charge in [-0.15, -0.1) is 0 Å². The number of aromatic nitrogens is 1. The lowest BCUT2D eigenvalue weighted by molar-refractivity contribution is -0.146. The fourth-order valence-electron chi connectivity index (χ4n) is 1.77. The van der Waals surface area contributed by atoms with Crippen molar-refractivity contribution in [3.63, 3.8) is 0 Å². The summed E-state index contributed by atoms with van der Waals surface area (Å²) in [6.07, 6.45) is 0.210. The molecule has 3 N–H and O–H groups in total. The van der Waals surface area contributed by atoms with Gasteiger partial charge in [-0.25, -0.2) is 4.79 Å². The smallest absolute Gasteiger partial charge is 0.332 e. The summed E-state index contributed by atoms with van der Waals surface area (Å²) in [7, 11) is 0. The highest BCUT2D eigenvalue weighted by Gasteiger charge is 2.16. The van der Waals surface area contributed by atoms with E-state index in [0.29, 0.717) is 16.6 Å². The van der Waals surface area contributed by atoms with Crippen molar-refractivity contribution in [2.24, 2.45) is 0 Å². The third-order valence-electron chi connectivity index (χ3n) is 2.62. The zero-order valence-electron chi connectivity index (χ0n) is 8.84. The van der Waals surface area contributed by atoms with Crippen molar-refractivity contribution in [1.82, 2.24) is 4.98 Å². The maximum atomic E-state index is 10.6. The van der Waals surface area contributed by atoms with Crippen LogP contribution in [0.3, 0.4) is 0 Å². The van der Waals surface area contributed by atoms with Crippen LogP contribution in [0.4, 0.5) is 0 Å². The fourth-order valence-corrected chi connectivity index (χ4v) is 1.77. The third kappa shape index (κ3) is 1.98. The number of aliphatic hydroxyl groups is 1. The fraction of sp³-hybridized carbons (Fsp3) is 0.167. The topological polar surface area (TPSA) is 97.1 Å². The number of rotatable bonds is 3. The van der Waals surface area contributed by atoms with Crippen LogP contribution < -0.4 is 0 Å². The van der Waals surface area contributed by atoms with E-state index in [0.717, 1.165) is 5.39 Å². The monoisotopic (exact) mass is 230 g/mol. The number of nitrogens with zero attached hydrogens (tertiary/aromatic N) is 1. The van der Waals surface area contributed by atoms with Crippen LogP contribution in [0.2, 0.25) is 0 Å². The summed E-state index contributed by atoms with van der Waals surface area (Å²) in [5.74, 6) is -1.25. The molecular formula is C12H10N2O3. The Bertz CT molecular complexity index is 610. The molecule has 0 spiro atoms. The number of carbonyl (C=O) groups is 1. The van der Waals surface area contributed by atoms with E-state index in [2.05, 4.69) is 4.98 Å². The summed E-state index contributed by atoms with van der Waals surface area (Å²) in [5, 5.41) is 27.6. The summed E-state index contributed by atoms with van der Waals surface area (Å²) in [5.41, 5.74) is 1.85. The van der Waals surface area contributed by atoms with Gasteiger partial charge in [0.1, 0.15) is 6.07 Å². The molecule has 0 amide bonds. The van der Waals surface area contributed by atoms with Gasteiger partial charge in [0.25, 0.3) is 0 Å². The molecule has 17 heavy (non-hydrogen) atoms. The van der Waals surface area contributed by atoms with Gasteiger partial charge in [-0.2, -0.15) is 5.26 Å². The summed E-state index contributed by atoms with van der Waals surface area (Å²) < 4.78 is 0. The molecule has 0 radical (unpaired) electrons. The molecule has 1 aromatic heterocycles. The highest BCUT2D eigenvalue weighted by molar-refractivity contribution is 5.88. The molecule has 5 nitrogen and oxygen atoms in total. The lowest BCUT2D eigenvalue weighted by Gasteiger charge is -2.03. The number of fused-ring (bicyclic) bond motifs is 1. The normalized spacial score (nSPS) is 12.2. The summed E-state index contributed by atoms with van der Waals surface area (Å²) in [4.78, 5) is 13.5. The van der Waals surface area contributed by atoms with Crippen LogP contribution in [0.25, 0.3) is 10.9 Å². The van der Waals surface area contributed by atoms with Crippen molar-refractivity contribution >= 4 is 16.9 Å². The van der Waals surface area contributed by atoms with Crippen molar-refractivity contribution in [2.45, 2.75) is 12.5 Å². The number of hydrogen-bond donors (Lipinski definition) is 3. The number of aliphatic hydroxyl groups excluding tert-OH is 1. The maximum Gasteiger partial charge on any atom is 0.332 e. The zero-order chi connectivity index (χ0) is 12.4. The minimum Gasteiger partial charge on any atom is -0.479 e. The molecule has 5 heteroatoms. The Labute approximate surface area is 96.9 Å². The predicted molar refractivity (Wildman–Crippen MR) is 60.4 cm³/mol. The molecule has 86 valence electrons. The van der Waals surface area contributed by atoms with E-state index in [-0.39, 0.29) is 6.42 Å². The number of para-hydroxylation sites is 1. The molecule has 1 heterocycles. The van der Waals surface area contributed by atoms with Crippen LogP contribution in [0.1, 0.15) is 11.1 Å². The molecular weight excluding hydrogens is 220 g/mol. The van der Waals surface area contributed by atoms with Gasteiger partial charge in [0.15, 0.2) is 6.10 Å². The predicted octanol–water partition coefficient (Wildman–Crippen LogP) is 1.03. The van der Waals surface area contributed by atoms with Gasteiger partial charge < -0.3 is 15.2 Å². The van der Waals surface area contributed by atoms with Crippen molar-refractivity contribution < 1.29 is 15.0 Å². The lowest BCUT2D eigenvalue weighted by Crippen LogP contribution is -2.21. The molecule has 0 aliphatic carbocycles. The Morgan fingerprint density at radius 1 is 1.53 bits per heavy atom. The highest BCUT2D eigenvalue weighted by atomic mass is 16.4. The highest BCUT2D eigenvalue weighted by Crippen LogP contribution is 2.22. The summed E-state index contributed by atoms with van der Waals surface area (Å²) in [6.45, 7) is 0. The van der Waals surface area contributed by atoms with E-state index in [4.69, 9.17) is 10.4 Å². The minimum atomic E-state index is -1.43. The molecule has 0 saturated heterocycles. The van der Waals surface area contributed by atoms with Crippen molar-refractivity contribution in [3.8, 4) is 6.07 Å². The van der Waals surface area contributed by atoms with Crippen molar-refractivity contribution in [1.29, 1.82) is 5.26 Å². The number of hydrogen-bond acceptors (Lipinski definition) is 3. The average Bonchev–Trinajstić information content (AvgIpc) is 2.72. The Morgan fingerprint density at radius 2 is 2.29 bits per heavy atom. The first-order valence-corrected chi connectivity index (χ1v) is 5.03. The van der Waals surface area contributed by atoms with Crippen LogP contribution >= 0.6 is 0 Å². The molecule has 0 saturated carbocycles. The second-order valence-corrected chi connectivity index (χ2v) is 3.71. The van der Waals surface area contributed by atoms with Crippen LogP contribution in [0.15, 0.2) is 24.4 Å². The van der Waals surface area contributed by atoms with E-state index in [9.17, 15) is 9.90 Å². The Morgan fingerprint density at radius 3 is 2.94 bits per heavy atom. The third-order valence-corrected chi connectivity index (χ3v) is 2.62. The molecule has 0 bridgehead atoms. The zero-order valence-corrected chi connectivity index (χ0v) is 8.84. The first kappa shape index (κ1) is 11.2. The van der Waals surface area contributed by atoms with Gasteiger partial charge in [-0.05, 0) is 11.6 Å². The number of carboxylic acids is 1. The SMILES string of the molecule is N#Cc1cccc2c(C[C@H](O)C(=O)O)c[nH]c12. The van der Waals surface area contributed by atoms with E-state index in [1.54, 1.807) is 24.4 Å². The maximum absolute atomic E-state index is 10.6. The Balaban J connectivity index is 2.44. The molecule has 0 aliphatic rings. The van der Waals surface area contributed by atoms with Gasteiger partial charge in [0.05, 0.1) is 11.1 Å². The molecule has 1 aromatic carbocycles. The largest absolute Gasteiger partial charge is 0.479 e. The number of aromatic amines is 1. The van der Waals surface area contributed by atoms with E-state index in [1.807, 2.05) is 6.07 Å². The molecule has 0 unspecified atom stereocenters. The van der Waals surface area contributed by atoms with Crippen molar-refractivity contribution in [2.75, 3.05) is 0 Å². The number of carboxylic acid groups (broad SMARTS) is 1. The average molecular weight is 230 g/mol. The summed E-state index contributed by atoms with van der Waals surface area (Å²) >= 11 is 0. The minimum absolute atomic E-state index is 0.0181. The number of nitriles is 1. The van der Waals surface area contributed by atoms with Crippen LogP contribution in [0.5, 0.6) is 0 Å². The first-order chi connectivity index (χ1) is 8.13. The lowest BCUT2D eigenvalue weighted by atomic mass is 10.1. The van der Waals surface area contributed by atoms with E-state index >= 15 is 0 Å².